The fourth-order valence-electron chi connectivity index (χ4n) is 2.74. The van der Waals surface area contributed by atoms with E-state index in [0.29, 0.717) is 12.0 Å². The lowest BCUT2D eigenvalue weighted by atomic mass is 9.98. The molecule has 2 saturated heterocycles. The summed E-state index contributed by atoms with van der Waals surface area (Å²) in [6, 6.07) is 0.476. The molecule has 0 bridgehead atoms. The Morgan fingerprint density at radius 3 is 2.82 bits per heavy atom. The van der Waals surface area contributed by atoms with Crippen LogP contribution >= 0.6 is 0 Å². The van der Waals surface area contributed by atoms with Crippen molar-refractivity contribution in [2.75, 3.05) is 13.2 Å². The smallest absolute Gasteiger partial charge is 0.237 e. The molecule has 0 radical (unpaired) electrons. The minimum absolute atomic E-state index is 0.0105. The first-order valence-electron chi connectivity index (χ1n) is 6.82. The summed E-state index contributed by atoms with van der Waals surface area (Å²) in [6.45, 7) is 5.82. The average Bonchev–Trinajstić information content (AvgIpc) is 2.72. The number of carbonyl (C=O) groups is 1. The van der Waals surface area contributed by atoms with Crippen molar-refractivity contribution in [2.24, 2.45) is 5.92 Å². The van der Waals surface area contributed by atoms with E-state index in [1.807, 2.05) is 0 Å². The number of ether oxygens (including phenoxy) is 1. The Hall–Kier alpha value is -0.610. The highest BCUT2D eigenvalue weighted by atomic mass is 16.5. The average molecular weight is 240 g/mol. The quantitative estimate of drug-likeness (QED) is 0.775. The van der Waals surface area contributed by atoms with Crippen LogP contribution in [-0.4, -0.2) is 37.2 Å². The molecule has 0 aromatic rings. The van der Waals surface area contributed by atoms with E-state index in [4.69, 9.17) is 4.74 Å². The van der Waals surface area contributed by atoms with Gasteiger partial charge in [-0.2, -0.15) is 0 Å². The van der Waals surface area contributed by atoms with E-state index in [-0.39, 0.29) is 18.1 Å². The fraction of sp³-hybridized carbons (Fsp3) is 0.923. The lowest BCUT2D eigenvalue weighted by Gasteiger charge is -2.28. The van der Waals surface area contributed by atoms with Gasteiger partial charge in [-0.3, -0.25) is 4.79 Å². The molecule has 1 amide bonds. The minimum atomic E-state index is 0.0105. The van der Waals surface area contributed by atoms with Crippen LogP contribution in [0.2, 0.25) is 0 Å². The first kappa shape index (κ1) is 12.8. The van der Waals surface area contributed by atoms with Crippen molar-refractivity contribution in [3.05, 3.63) is 0 Å². The summed E-state index contributed by atoms with van der Waals surface area (Å²) in [6.07, 6.45) is 4.64. The molecule has 98 valence electrons. The van der Waals surface area contributed by atoms with Gasteiger partial charge in [-0.1, -0.05) is 0 Å². The maximum Gasteiger partial charge on any atom is 0.237 e. The molecule has 2 aliphatic heterocycles. The standard InChI is InChI=1S/C13H24N2O2/c1-9-4-3-5-12(15-9)13(16)14-8-11-6-7-17-10(11)2/h9-12,15H,3-8H2,1-2H3,(H,14,16). The Morgan fingerprint density at radius 1 is 1.35 bits per heavy atom. The number of amides is 1. The van der Waals surface area contributed by atoms with E-state index in [1.165, 1.54) is 6.42 Å². The highest BCUT2D eigenvalue weighted by molar-refractivity contribution is 5.81. The van der Waals surface area contributed by atoms with Gasteiger partial charge in [0, 0.05) is 25.1 Å². The van der Waals surface area contributed by atoms with Gasteiger partial charge in [-0.05, 0) is 39.5 Å². The van der Waals surface area contributed by atoms with Crippen molar-refractivity contribution >= 4 is 5.91 Å². The first-order chi connectivity index (χ1) is 8.16. The molecule has 0 aliphatic carbocycles. The summed E-state index contributed by atoms with van der Waals surface area (Å²) in [5, 5.41) is 6.42. The summed E-state index contributed by atoms with van der Waals surface area (Å²) >= 11 is 0. The van der Waals surface area contributed by atoms with E-state index in [2.05, 4.69) is 24.5 Å². The molecular formula is C13H24N2O2. The Labute approximate surface area is 103 Å². The lowest BCUT2D eigenvalue weighted by molar-refractivity contribution is -0.124. The monoisotopic (exact) mass is 240 g/mol. The second-order valence-corrected chi connectivity index (χ2v) is 5.42. The van der Waals surface area contributed by atoms with Crippen molar-refractivity contribution < 1.29 is 9.53 Å². The van der Waals surface area contributed by atoms with Crippen molar-refractivity contribution in [3.63, 3.8) is 0 Å². The van der Waals surface area contributed by atoms with Crippen molar-refractivity contribution in [1.29, 1.82) is 0 Å². The maximum absolute atomic E-state index is 12.0. The second kappa shape index (κ2) is 5.83. The van der Waals surface area contributed by atoms with Crippen LogP contribution in [0.3, 0.4) is 0 Å². The molecule has 4 unspecified atom stereocenters. The molecular weight excluding hydrogens is 216 g/mol. The zero-order chi connectivity index (χ0) is 12.3. The Bertz CT molecular complexity index is 270. The van der Waals surface area contributed by atoms with Gasteiger partial charge in [-0.15, -0.1) is 0 Å². The van der Waals surface area contributed by atoms with Crippen LogP contribution in [0.15, 0.2) is 0 Å². The van der Waals surface area contributed by atoms with Gasteiger partial charge in [0.25, 0.3) is 0 Å². The molecule has 4 nitrogen and oxygen atoms in total. The highest BCUT2D eigenvalue weighted by Crippen LogP contribution is 2.19. The second-order valence-electron chi connectivity index (χ2n) is 5.42. The summed E-state index contributed by atoms with van der Waals surface area (Å²) < 4.78 is 5.49. The molecule has 2 N–H and O–H groups in total. The van der Waals surface area contributed by atoms with Gasteiger partial charge in [0.1, 0.15) is 0 Å². The molecule has 2 heterocycles. The number of hydrogen-bond acceptors (Lipinski definition) is 3. The van der Waals surface area contributed by atoms with Crippen molar-refractivity contribution in [1.82, 2.24) is 10.6 Å². The lowest BCUT2D eigenvalue weighted by Crippen LogP contribution is -2.51. The summed E-state index contributed by atoms with van der Waals surface area (Å²) in [7, 11) is 0. The van der Waals surface area contributed by atoms with Crippen LogP contribution in [0.25, 0.3) is 0 Å². The molecule has 4 heteroatoms. The normalized spacial score (nSPS) is 38.0. The molecule has 0 spiro atoms. The largest absolute Gasteiger partial charge is 0.378 e. The van der Waals surface area contributed by atoms with Gasteiger partial charge in [0.15, 0.2) is 0 Å². The number of nitrogens with one attached hydrogen (secondary N) is 2. The van der Waals surface area contributed by atoms with Crippen molar-refractivity contribution in [2.45, 2.75) is 57.7 Å². The molecule has 17 heavy (non-hydrogen) atoms. The van der Waals surface area contributed by atoms with Crippen LogP contribution in [0.4, 0.5) is 0 Å². The summed E-state index contributed by atoms with van der Waals surface area (Å²) in [5.41, 5.74) is 0. The van der Waals surface area contributed by atoms with E-state index in [0.717, 1.165) is 32.4 Å². The molecule has 2 rings (SSSR count). The van der Waals surface area contributed by atoms with Gasteiger partial charge in [0.2, 0.25) is 5.91 Å². The van der Waals surface area contributed by atoms with Crippen LogP contribution in [0, 0.1) is 5.92 Å². The summed E-state index contributed by atoms with van der Waals surface area (Å²) in [4.78, 5) is 12.0. The molecule has 0 aromatic carbocycles. The number of carbonyl (C=O) groups excluding carboxylic acids is 1. The van der Waals surface area contributed by atoms with E-state index in [9.17, 15) is 4.79 Å². The van der Waals surface area contributed by atoms with Gasteiger partial charge >= 0.3 is 0 Å². The Balaban J connectivity index is 1.73. The number of piperidine rings is 1. The van der Waals surface area contributed by atoms with E-state index in [1.54, 1.807) is 0 Å². The third-order valence-electron chi connectivity index (χ3n) is 4.00. The maximum atomic E-state index is 12.0. The SMILES string of the molecule is CC1CCCC(C(=O)NCC2CCOC2C)N1. The van der Waals surface area contributed by atoms with Gasteiger partial charge in [-0.25, -0.2) is 0 Å². The highest BCUT2D eigenvalue weighted by Gasteiger charge is 2.27. The van der Waals surface area contributed by atoms with Crippen molar-refractivity contribution in [3.8, 4) is 0 Å². The van der Waals surface area contributed by atoms with E-state index < -0.39 is 0 Å². The number of hydrogen-bond donors (Lipinski definition) is 2. The van der Waals surface area contributed by atoms with E-state index >= 15 is 0 Å². The zero-order valence-electron chi connectivity index (χ0n) is 10.9. The zero-order valence-corrected chi connectivity index (χ0v) is 10.9. The molecule has 4 atom stereocenters. The predicted molar refractivity (Wildman–Crippen MR) is 66.8 cm³/mol. The predicted octanol–water partition coefficient (Wildman–Crippen LogP) is 1.06. The van der Waals surface area contributed by atoms with Gasteiger partial charge in [0.05, 0.1) is 12.1 Å². The number of rotatable bonds is 3. The molecule has 0 saturated carbocycles. The Morgan fingerprint density at radius 2 is 2.18 bits per heavy atom. The minimum Gasteiger partial charge on any atom is -0.378 e. The topological polar surface area (TPSA) is 50.4 Å². The third-order valence-corrected chi connectivity index (χ3v) is 4.00. The van der Waals surface area contributed by atoms with Crippen LogP contribution in [-0.2, 0) is 9.53 Å². The molecule has 2 fully saturated rings. The van der Waals surface area contributed by atoms with Crippen LogP contribution in [0.5, 0.6) is 0 Å². The Kier molecular flexibility index (Phi) is 4.40. The molecule has 2 aliphatic rings. The summed E-state index contributed by atoms with van der Waals surface area (Å²) in [5.74, 6) is 0.649. The third kappa shape index (κ3) is 3.42. The van der Waals surface area contributed by atoms with Crippen LogP contribution < -0.4 is 10.6 Å². The van der Waals surface area contributed by atoms with Gasteiger partial charge < -0.3 is 15.4 Å². The fourth-order valence-corrected chi connectivity index (χ4v) is 2.74. The molecule has 0 aromatic heterocycles. The van der Waals surface area contributed by atoms with Crippen LogP contribution in [0.1, 0.15) is 39.5 Å². The first-order valence-corrected chi connectivity index (χ1v) is 6.82.